The van der Waals surface area contributed by atoms with Crippen molar-refractivity contribution in [2.75, 3.05) is 12.4 Å². The number of hydrogen-bond acceptors (Lipinski definition) is 3. The van der Waals surface area contributed by atoms with E-state index in [1.54, 1.807) is 19.2 Å². The summed E-state index contributed by atoms with van der Waals surface area (Å²) in [6.07, 6.45) is 1.14. The fourth-order valence-corrected chi connectivity index (χ4v) is 1.26. The van der Waals surface area contributed by atoms with Crippen molar-refractivity contribution >= 4 is 24.0 Å². The van der Waals surface area contributed by atoms with Gasteiger partial charge in [-0.25, -0.2) is 0 Å². The van der Waals surface area contributed by atoms with E-state index in [0.717, 1.165) is 11.4 Å². The molecule has 1 unspecified atom stereocenters. The Balaban J connectivity index is 0.00000256. The molecule has 0 spiro atoms. The first kappa shape index (κ1) is 15.7. The van der Waals surface area contributed by atoms with Gasteiger partial charge in [0.25, 0.3) is 0 Å². The van der Waals surface area contributed by atoms with Crippen LogP contribution in [0.2, 0.25) is 0 Å². The summed E-state index contributed by atoms with van der Waals surface area (Å²) in [4.78, 5) is 11.5. The normalized spacial score (nSPS) is 11.2. The lowest BCUT2D eigenvalue weighted by Gasteiger charge is -2.07. The van der Waals surface area contributed by atoms with Gasteiger partial charge in [-0.1, -0.05) is 0 Å². The maximum atomic E-state index is 11.5. The molecule has 1 aromatic rings. The molecule has 1 amide bonds. The SMILES string of the molecule is COc1ccc(NC(=O)CCC(C)N)cc1.Cl. The second-order valence-corrected chi connectivity index (χ2v) is 3.79. The van der Waals surface area contributed by atoms with Crippen LogP contribution in [0, 0.1) is 0 Å². The highest BCUT2D eigenvalue weighted by Gasteiger charge is 2.04. The second kappa shape index (κ2) is 7.92. The highest BCUT2D eigenvalue weighted by atomic mass is 35.5. The Bertz CT molecular complexity index is 339. The Kier molecular flexibility index (Phi) is 7.34. The molecule has 3 N–H and O–H groups in total. The van der Waals surface area contributed by atoms with Gasteiger partial charge < -0.3 is 15.8 Å². The van der Waals surface area contributed by atoms with Crippen molar-refractivity contribution in [3.05, 3.63) is 24.3 Å². The third-order valence-electron chi connectivity index (χ3n) is 2.20. The number of rotatable bonds is 5. The Morgan fingerprint density at radius 1 is 1.41 bits per heavy atom. The highest BCUT2D eigenvalue weighted by Crippen LogP contribution is 2.15. The van der Waals surface area contributed by atoms with E-state index in [-0.39, 0.29) is 24.4 Å². The number of hydrogen-bond donors (Lipinski definition) is 2. The number of benzene rings is 1. The zero-order valence-electron chi connectivity index (χ0n) is 10.1. The van der Waals surface area contributed by atoms with Gasteiger partial charge in [0.1, 0.15) is 5.75 Å². The van der Waals surface area contributed by atoms with E-state index in [4.69, 9.17) is 10.5 Å². The molecule has 0 aliphatic heterocycles. The van der Waals surface area contributed by atoms with E-state index in [1.807, 2.05) is 19.1 Å². The molecular formula is C12H19ClN2O2. The van der Waals surface area contributed by atoms with Crippen molar-refractivity contribution in [3.8, 4) is 5.75 Å². The summed E-state index contributed by atoms with van der Waals surface area (Å²) in [6.45, 7) is 1.89. The molecule has 4 nitrogen and oxygen atoms in total. The maximum absolute atomic E-state index is 11.5. The topological polar surface area (TPSA) is 64.3 Å². The predicted molar refractivity (Wildman–Crippen MR) is 71.8 cm³/mol. The summed E-state index contributed by atoms with van der Waals surface area (Å²) in [5.41, 5.74) is 6.35. The van der Waals surface area contributed by atoms with Gasteiger partial charge in [-0.05, 0) is 37.6 Å². The number of carbonyl (C=O) groups excluding carboxylic acids is 1. The number of nitrogens with two attached hydrogens (primary N) is 1. The van der Waals surface area contributed by atoms with Crippen molar-refractivity contribution in [1.29, 1.82) is 0 Å². The van der Waals surface area contributed by atoms with E-state index in [0.29, 0.717) is 12.8 Å². The lowest BCUT2D eigenvalue weighted by Crippen LogP contribution is -2.19. The van der Waals surface area contributed by atoms with Crippen molar-refractivity contribution in [1.82, 2.24) is 0 Å². The van der Waals surface area contributed by atoms with Crippen LogP contribution in [0.15, 0.2) is 24.3 Å². The van der Waals surface area contributed by atoms with Gasteiger partial charge in [0.05, 0.1) is 7.11 Å². The van der Waals surface area contributed by atoms with Crippen LogP contribution in [-0.2, 0) is 4.79 Å². The van der Waals surface area contributed by atoms with Crippen LogP contribution < -0.4 is 15.8 Å². The first-order valence-corrected chi connectivity index (χ1v) is 5.31. The molecular weight excluding hydrogens is 240 g/mol. The molecule has 0 saturated carbocycles. The Hall–Kier alpha value is -1.26. The molecule has 0 aliphatic carbocycles. The molecule has 0 radical (unpaired) electrons. The molecule has 1 aromatic carbocycles. The number of methoxy groups -OCH3 is 1. The molecule has 1 atom stereocenters. The largest absolute Gasteiger partial charge is 0.497 e. The third-order valence-corrected chi connectivity index (χ3v) is 2.20. The van der Waals surface area contributed by atoms with Crippen molar-refractivity contribution in [3.63, 3.8) is 0 Å². The molecule has 17 heavy (non-hydrogen) atoms. The standard InChI is InChI=1S/C12H18N2O2.ClH/c1-9(13)3-8-12(15)14-10-4-6-11(16-2)7-5-10;/h4-7,9H,3,8,13H2,1-2H3,(H,14,15);1H. The van der Waals surface area contributed by atoms with Crippen molar-refractivity contribution in [2.24, 2.45) is 5.73 Å². The van der Waals surface area contributed by atoms with E-state index in [1.165, 1.54) is 0 Å². The van der Waals surface area contributed by atoms with Crippen LogP contribution in [0.4, 0.5) is 5.69 Å². The van der Waals surface area contributed by atoms with E-state index >= 15 is 0 Å². The zero-order chi connectivity index (χ0) is 12.0. The van der Waals surface area contributed by atoms with Gasteiger partial charge in [-0.3, -0.25) is 4.79 Å². The zero-order valence-corrected chi connectivity index (χ0v) is 10.9. The average Bonchev–Trinajstić information content (AvgIpc) is 2.27. The smallest absolute Gasteiger partial charge is 0.224 e. The fourth-order valence-electron chi connectivity index (χ4n) is 1.26. The van der Waals surface area contributed by atoms with Gasteiger partial charge in [0.15, 0.2) is 0 Å². The Morgan fingerprint density at radius 3 is 2.47 bits per heavy atom. The molecule has 0 aliphatic rings. The van der Waals surface area contributed by atoms with Crippen LogP contribution in [0.3, 0.4) is 0 Å². The van der Waals surface area contributed by atoms with Gasteiger partial charge in [0, 0.05) is 18.2 Å². The summed E-state index contributed by atoms with van der Waals surface area (Å²) in [5, 5.41) is 2.80. The quantitative estimate of drug-likeness (QED) is 0.851. The number of anilines is 1. The summed E-state index contributed by atoms with van der Waals surface area (Å²) in [7, 11) is 1.61. The van der Waals surface area contributed by atoms with Gasteiger partial charge in [-0.2, -0.15) is 0 Å². The van der Waals surface area contributed by atoms with Crippen LogP contribution in [0.25, 0.3) is 0 Å². The molecule has 96 valence electrons. The first-order valence-electron chi connectivity index (χ1n) is 5.31. The molecule has 0 saturated heterocycles. The Morgan fingerprint density at radius 2 is 2.00 bits per heavy atom. The number of nitrogens with one attached hydrogen (secondary N) is 1. The van der Waals surface area contributed by atoms with E-state index < -0.39 is 0 Å². The predicted octanol–water partition coefficient (Wildman–Crippen LogP) is 2.18. The lowest BCUT2D eigenvalue weighted by molar-refractivity contribution is -0.116. The van der Waals surface area contributed by atoms with Crippen LogP contribution in [-0.4, -0.2) is 19.1 Å². The minimum absolute atomic E-state index is 0. The monoisotopic (exact) mass is 258 g/mol. The number of carbonyl (C=O) groups is 1. The van der Waals surface area contributed by atoms with Crippen LogP contribution in [0.5, 0.6) is 5.75 Å². The highest BCUT2D eigenvalue weighted by molar-refractivity contribution is 5.90. The van der Waals surface area contributed by atoms with Gasteiger partial charge in [-0.15, -0.1) is 12.4 Å². The van der Waals surface area contributed by atoms with E-state index in [9.17, 15) is 4.79 Å². The van der Waals surface area contributed by atoms with E-state index in [2.05, 4.69) is 5.32 Å². The molecule has 0 fully saturated rings. The number of halogens is 1. The second-order valence-electron chi connectivity index (χ2n) is 3.79. The van der Waals surface area contributed by atoms with Gasteiger partial charge in [0.2, 0.25) is 5.91 Å². The first-order chi connectivity index (χ1) is 7.61. The minimum atomic E-state index is -0.0116. The lowest BCUT2D eigenvalue weighted by atomic mass is 10.2. The third kappa shape index (κ3) is 6.14. The van der Waals surface area contributed by atoms with Crippen LogP contribution >= 0.6 is 12.4 Å². The molecule has 5 heteroatoms. The summed E-state index contributed by atoms with van der Waals surface area (Å²) < 4.78 is 5.02. The fraction of sp³-hybridized carbons (Fsp3) is 0.417. The summed E-state index contributed by atoms with van der Waals surface area (Å²) in [6, 6.07) is 7.29. The molecule has 0 aromatic heterocycles. The number of amides is 1. The van der Waals surface area contributed by atoms with Gasteiger partial charge >= 0.3 is 0 Å². The minimum Gasteiger partial charge on any atom is -0.497 e. The van der Waals surface area contributed by atoms with Crippen LogP contribution in [0.1, 0.15) is 19.8 Å². The van der Waals surface area contributed by atoms with Crippen molar-refractivity contribution < 1.29 is 9.53 Å². The maximum Gasteiger partial charge on any atom is 0.224 e. The van der Waals surface area contributed by atoms with Crippen molar-refractivity contribution in [2.45, 2.75) is 25.8 Å². The number of ether oxygens (including phenoxy) is 1. The summed E-state index contributed by atoms with van der Waals surface area (Å²) >= 11 is 0. The molecule has 1 rings (SSSR count). The average molecular weight is 259 g/mol. The molecule has 0 heterocycles. The Labute approximate surface area is 108 Å². The summed E-state index contributed by atoms with van der Waals surface area (Å²) in [5.74, 6) is 0.760. The molecule has 0 bridgehead atoms.